The van der Waals surface area contributed by atoms with Gasteiger partial charge in [0, 0.05) is 36.1 Å². The first-order chi connectivity index (χ1) is 17.5. The van der Waals surface area contributed by atoms with Gasteiger partial charge in [-0.15, -0.1) is 0 Å². The molecule has 2 fully saturated rings. The summed E-state index contributed by atoms with van der Waals surface area (Å²) in [5.74, 6) is 0.716. The van der Waals surface area contributed by atoms with Crippen LogP contribution >= 0.6 is 0 Å². The molecule has 0 bridgehead atoms. The Morgan fingerprint density at radius 2 is 1.89 bits per heavy atom. The summed E-state index contributed by atoms with van der Waals surface area (Å²) in [4.78, 5) is 37.4. The summed E-state index contributed by atoms with van der Waals surface area (Å²) < 4.78 is 5.51. The third-order valence-electron chi connectivity index (χ3n) is 8.55. The van der Waals surface area contributed by atoms with Crippen molar-refractivity contribution in [1.82, 2.24) is 19.7 Å². The zero-order chi connectivity index (χ0) is 24.9. The second-order valence-electron chi connectivity index (χ2n) is 10.8. The Hall–Kier alpha value is -3.06. The Bertz CT molecular complexity index is 1250. The number of allylic oxidation sites excluding steroid dienone is 2. The molecule has 2 aromatic rings. The highest BCUT2D eigenvalue weighted by Crippen LogP contribution is 2.49. The van der Waals surface area contributed by atoms with Gasteiger partial charge < -0.3 is 14.6 Å². The van der Waals surface area contributed by atoms with E-state index in [9.17, 15) is 9.59 Å². The number of nitrogens with zero attached hydrogens (tertiary/aromatic N) is 3. The van der Waals surface area contributed by atoms with Crippen molar-refractivity contribution < 1.29 is 14.3 Å². The van der Waals surface area contributed by atoms with Crippen LogP contribution in [0.4, 0.5) is 4.79 Å². The van der Waals surface area contributed by atoms with E-state index in [1.807, 2.05) is 30.0 Å². The highest BCUT2D eigenvalue weighted by atomic mass is 16.5. The number of aromatic amines is 1. The van der Waals surface area contributed by atoms with Crippen molar-refractivity contribution in [2.45, 2.75) is 63.5 Å². The average molecular weight is 489 g/mol. The van der Waals surface area contributed by atoms with Gasteiger partial charge in [-0.3, -0.25) is 14.6 Å². The molecule has 3 aliphatic heterocycles. The second-order valence-corrected chi connectivity index (χ2v) is 10.8. The zero-order valence-electron chi connectivity index (χ0n) is 21.4. The van der Waals surface area contributed by atoms with E-state index in [2.05, 4.69) is 28.1 Å². The van der Waals surface area contributed by atoms with E-state index in [1.54, 1.807) is 7.11 Å². The molecule has 6 rings (SSSR count). The number of amides is 3. The number of hydrogen-bond acceptors (Lipinski definition) is 4. The van der Waals surface area contributed by atoms with E-state index >= 15 is 0 Å². The Morgan fingerprint density at radius 3 is 2.61 bits per heavy atom. The standard InChI is InChI=1S/C29H36N4O3/c1-29-19-23-22-18-21(36-2)12-13-24(22)30-25(23)26(20-10-6-5-7-11-20)33(29)28(35)32(27(29)34)17-16-31-14-8-3-4-9-15-31/h6,10-13,18,26,30H,3-5,7-9,14-17,19H2,1-2H3/t26-,29+/m1/s1. The van der Waals surface area contributed by atoms with Crippen LogP contribution in [0, 0.1) is 0 Å². The molecule has 1 N–H and O–H groups in total. The number of H-pyrrole nitrogens is 1. The minimum Gasteiger partial charge on any atom is -0.497 e. The largest absolute Gasteiger partial charge is 0.497 e. The Balaban J connectivity index is 1.40. The van der Waals surface area contributed by atoms with Gasteiger partial charge in [0.25, 0.3) is 5.91 Å². The molecule has 2 saturated heterocycles. The molecule has 36 heavy (non-hydrogen) atoms. The monoisotopic (exact) mass is 488 g/mol. The fraction of sp³-hybridized carbons (Fsp3) is 0.517. The summed E-state index contributed by atoms with van der Waals surface area (Å²) in [6.45, 7) is 5.26. The van der Waals surface area contributed by atoms with Crippen LogP contribution in [-0.2, 0) is 11.2 Å². The lowest BCUT2D eigenvalue weighted by Crippen LogP contribution is -2.53. The van der Waals surface area contributed by atoms with E-state index < -0.39 is 5.54 Å². The summed E-state index contributed by atoms with van der Waals surface area (Å²) in [5, 5.41) is 1.07. The molecule has 4 aliphatic rings. The van der Waals surface area contributed by atoms with Crippen LogP contribution in [-0.4, -0.2) is 70.4 Å². The molecule has 7 heteroatoms. The van der Waals surface area contributed by atoms with Crippen LogP contribution in [0.5, 0.6) is 5.75 Å². The third kappa shape index (κ3) is 3.67. The Morgan fingerprint density at radius 1 is 1.08 bits per heavy atom. The number of aromatic nitrogens is 1. The lowest BCUT2D eigenvalue weighted by atomic mass is 9.80. The molecule has 1 aromatic carbocycles. The molecule has 0 spiro atoms. The lowest BCUT2D eigenvalue weighted by Gasteiger charge is -2.43. The molecule has 190 valence electrons. The smallest absolute Gasteiger partial charge is 0.328 e. The molecular weight excluding hydrogens is 452 g/mol. The quantitative estimate of drug-likeness (QED) is 0.605. The fourth-order valence-electron chi connectivity index (χ4n) is 6.60. The SMILES string of the molecule is COc1ccc2[nH]c3c(c2c1)C[C@@]1(C)C(=O)N(CCN2CCCCCC2)C(=O)N1[C@@H]3C1=CCCC=C1. The minimum absolute atomic E-state index is 0.0735. The number of fused-ring (bicyclic) bond motifs is 4. The van der Waals surface area contributed by atoms with Crippen LogP contribution < -0.4 is 4.74 Å². The first-order valence-corrected chi connectivity index (χ1v) is 13.4. The summed E-state index contributed by atoms with van der Waals surface area (Å²) in [5.41, 5.74) is 3.31. The fourth-order valence-corrected chi connectivity index (χ4v) is 6.60. The number of ether oxygens (including phenoxy) is 1. The van der Waals surface area contributed by atoms with Gasteiger partial charge in [-0.25, -0.2) is 4.79 Å². The number of nitrogens with one attached hydrogen (secondary N) is 1. The highest BCUT2D eigenvalue weighted by molar-refractivity contribution is 6.08. The third-order valence-corrected chi connectivity index (χ3v) is 8.55. The Labute approximate surface area is 212 Å². The minimum atomic E-state index is -0.919. The van der Waals surface area contributed by atoms with Gasteiger partial charge in [0.2, 0.25) is 0 Å². The van der Waals surface area contributed by atoms with Crippen molar-refractivity contribution >= 4 is 22.8 Å². The Kier molecular flexibility index (Phi) is 5.91. The second kappa shape index (κ2) is 9.11. The van der Waals surface area contributed by atoms with Gasteiger partial charge in [-0.05, 0) is 75.0 Å². The maximum absolute atomic E-state index is 14.0. The number of likely N-dealkylation sites (tertiary alicyclic amines) is 1. The van der Waals surface area contributed by atoms with E-state index in [0.29, 0.717) is 13.0 Å². The molecule has 7 nitrogen and oxygen atoms in total. The van der Waals surface area contributed by atoms with Gasteiger partial charge in [0.05, 0.1) is 13.2 Å². The molecule has 4 heterocycles. The van der Waals surface area contributed by atoms with Crippen molar-refractivity contribution in [2.75, 3.05) is 33.3 Å². The number of benzene rings is 1. The van der Waals surface area contributed by atoms with Crippen molar-refractivity contribution in [3.05, 3.63) is 53.3 Å². The van der Waals surface area contributed by atoms with Crippen molar-refractivity contribution in [2.24, 2.45) is 0 Å². The van der Waals surface area contributed by atoms with Crippen molar-refractivity contribution in [3.63, 3.8) is 0 Å². The number of imide groups is 1. The topological polar surface area (TPSA) is 68.9 Å². The number of methoxy groups -OCH3 is 1. The maximum atomic E-state index is 14.0. The van der Waals surface area contributed by atoms with Crippen LogP contribution in [0.25, 0.3) is 10.9 Å². The van der Waals surface area contributed by atoms with E-state index in [-0.39, 0.29) is 18.0 Å². The molecule has 0 unspecified atom stereocenters. The number of carbonyl (C=O) groups is 2. The van der Waals surface area contributed by atoms with Gasteiger partial charge >= 0.3 is 6.03 Å². The number of carbonyl (C=O) groups excluding carboxylic acids is 2. The lowest BCUT2D eigenvalue weighted by molar-refractivity contribution is -0.133. The number of hydrogen-bond donors (Lipinski definition) is 1. The first-order valence-electron chi connectivity index (χ1n) is 13.4. The van der Waals surface area contributed by atoms with Crippen LogP contribution in [0.2, 0.25) is 0 Å². The predicted octanol–water partition coefficient (Wildman–Crippen LogP) is 4.95. The summed E-state index contributed by atoms with van der Waals surface area (Å²) >= 11 is 0. The molecule has 2 atom stereocenters. The highest BCUT2D eigenvalue weighted by Gasteiger charge is 2.60. The normalized spacial score (nSPS) is 26.7. The molecule has 0 saturated carbocycles. The van der Waals surface area contributed by atoms with E-state index in [1.165, 1.54) is 30.6 Å². The van der Waals surface area contributed by atoms with Crippen LogP contribution in [0.1, 0.15) is 62.7 Å². The van der Waals surface area contributed by atoms with E-state index in [0.717, 1.165) is 66.0 Å². The van der Waals surface area contributed by atoms with Crippen LogP contribution in [0.3, 0.4) is 0 Å². The summed E-state index contributed by atoms with van der Waals surface area (Å²) in [6.07, 6.45) is 13.9. The molecule has 1 aromatic heterocycles. The van der Waals surface area contributed by atoms with Gasteiger partial charge in [0.15, 0.2) is 0 Å². The average Bonchev–Trinajstić information content (AvgIpc) is 3.17. The maximum Gasteiger partial charge on any atom is 0.328 e. The van der Waals surface area contributed by atoms with E-state index in [4.69, 9.17) is 4.74 Å². The van der Waals surface area contributed by atoms with Gasteiger partial charge in [-0.1, -0.05) is 31.1 Å². The molecule has 3 amide bonds. The number of urea groups is 1. The molecular formula is C29H36N4O3. The predicted molar refractivity (Wildman–Crippen MR) is 140 cm³/mol. The zero-order valence-corrected chi connectivity index (χ0v) is 21.4. The van der Waals surface area contributed by atoms with Crippen molar-refractivity contribution in [3.8, 4) is 5.75 Å². The number of rotatable bonds is 5. The summed E-state index contributed by atoms with van der Waals surface area (Å²) in [6, 6.07) is 5.55. The molecule has 0 radical (unpaired) electrons. The van der Waals surface area contributed by atoms with Crippen LogP contribution in [0.15, 0.2) is 42.0 Å². The van der Waals surface area contributed by atoms with Gasteiger partial charge in [-0.2, -0.15) is 0 Å². The van der Waals surface area contributed by atoms with Gasteiger partial charge in [0.1, 0.15) is 11.3 Å². The summed E-state index contributed by atoms with van der Waals surface area (Å²) in [7, 11) is 1.67. The first kappa shape index (κ1) is 23.3. The van der Waals surface area contributed by atoms with Crippen molar-refractivity contribution in [1.29, 1.82) is 0 Å². The molecule has 1 aliphatic carbocycles.